The number of aryl methyl sites for hydroxylation is 2. The first-order chi connectivity index (χ1) is 14.2. The number of aromatic nitrogens is 4. The fourth-order valence-corrected chi connectivity index (χ4v) is 4.53. The number of amides is 1. The third kappa shape index (κ3) is 4.15. The van der Waals surface area contributed by atoms with Crippen molar-refractivity contribution in [2.24, 2.45) is 5.92 Å². The van der Waals surface area contributed by atoms with Crippen molar-refractivity contribution < 1.29 is 13.6 Å². The summed E-state index contributed by atoms with van der Waals surface area (Å²) < 4.78 is 29.9. The van der Waals surface area contributed by atoms with Crippen molar-refractivity contribution >= 4 is 5.91 Å². The molecule has 7 nitrogen and oxygen atoms in total. The van der Waals surface area contributed by atoms with E-state index < -0.39 is 5.92 Å². The Morgan fingerprint density at radius 2 is 1.73 bits per heavy atom. The predicted molar refractivity (Wildman–Crippen MR) is 107 cm³/mol. The van der Waals surface area contributed by atoms with Gasteiger partial charge in [-0.3, -0.25) is 9.59 Å². The van der Waals surface area contributed by atoms with Crippen molar-refractivity contribution in [3.8, 4) is 5.82 Å². The van der Waals surface area contributed by atoms with Crippen molar-refractivity contribution in [1.82, 2.24) is 24.5 Å². The Morgan fingerprint density at radius 1 is 1.07 bits per heavy atom. The van der Waals surface area contributed by atoms with Crippen LogP contribution in [0.1, 0.15) is 56.0 Å². The summed E-state index contributed by atoms with van der Waals surface area (Å²) in [6, 6.07) is 5.01. The second-order valence-corrected chi connectivity index (χ2v) is 8.50. The Hall–Kier alpha value is -2.58. The van der Waals surface area contributed by atoms with Gasteiger partial charge in [-0.1, -0.05) is 0 Å². The molecule has 1 aliphatic heterocycles. The zero-order valence-corrected chi connectivity index (χ0v) is 17.4. The molecule has 162 valence electrons. The van der Waals surface area contributed by atoms with Gasteiger partial charge in [0.15, 0.2) is 5.82 Å². The molecule has 0 bridgehead atoms. The summed E-state index contributed by atoms with van der Waals surface area (Å²) in [6.07, 6.45) is 1.30. The van der Waals surface area contributed by atoms with Crippen LogP contribution in [0.2, 0.25) is 0 Å². The van der Waals surface area contributed by atoms with Crippen LogP contribution in [-0.2, 0) is 4.79 Å². The fourth-order valence-electron chi connectivity index (χ4n) is 4.53. The molecule has 0 spiro atoms. The van der Waals surface area contributed by atoms with Gasteiger partial charge in [-0.15, -0.1) is 5.10 Å². The largest absolute Gasteiger partial charge is 0.342 e. The van der Waals surface area contributed by atoms with Crippen LogP contribution < -0.4 is 5.56 Å². The summed E-state index contributed by atoms with van der Waals surface area (Å²) in [5.41, 5.74) is 1.63. The van der Waals surface area contributed by atoms with Gasteiger partial charge in [0, 0.05) is 43.6 Å². The van der Waals surface area contributed by atoms with E-state index in [0.29, 0.717) is 31.7 Å². The third-order valence-electron chi connectivity index (χ3n) is 6.23. The lowest BCUT2D eigenvalue weighted by Gasteiger charge is -2.36. The monoisotopic (exact) mass is 419 g/mol. The van der Waals surface area contributed by atoms with Crippen LogP contribution >= 0.6 is 0 Å². The summed E-state index contributed by atoms with van der Waals surface area (Å²) in [5.74, 6) is -2.38. The number of alkyl halides is 2. The number of hydrogen-bond donors (Lipinski definition) is 0. The van der Waals surface area contributed by atoms with Gasteiger partial charge in [0.05, 0.1) is 11.7 Å². The highest BCUT2D eigenvalue weighted by molar-refractivity contribution is 5.79. The van der Waals surface area contributed by atoms with Crippen LogP contribution in [0.5, 0.6) is 0 Å². The van der Waals surface area contributed by atoms with Crippen molar-refractivity contribution in [2.75, 3.05) is 13.1 Å². The molecule has 0 atom stereocenters. The smallest absolute Gasteiger partial charge is 0.267 e. The minimum atomic E-state index is -2.63. The Balaban J connectivity index is 1.43. The quantitative estimate of drug-likeness (QED) is 0.767. The highest BCUT2D eigenvalue weighted by Gasteiger charge is 2.39. The number of hydrogen-bond acceptors (Lipinski definition) is 4. The van der Waals surface area contributed by atoms with E-state index in [1.165, 1.54) is 10.7 Å². The lowest BCUT2D eigenvalue weighted by molar-refractivity contribution is -0.141. The Kier molecular flexibility index (Phi) is 5.46. The molecule has 2 fully saturated rings. The topological polar surface area (TPSA) is 73.0 Å². The van der Waals surface area contributed by atoms with Gasteiger partial charge >= 0.3 is 0 Å². The molecule has 2 aromatic heterocycles. The second kappa shape index (κ2) is 7.92. The highest BCUT2D eigenvalue weighted by atomic mass is 19.3. The maximum atomic E-state index is 13.4. The summed E-state index contributed by atoms with van der Waals surface area (Å²) in [7, 11) is 0. The predicted octanol–water partition coefficient (Wildman–Crippen LogP) is 3.03. The lowest BCUT2D eigenvalue weighted by Crippen LogP contribution is -2.45. The van der Waals surface area contributed by atoms with Crippen molar-refractivity contribution in [3.63, 3.8) is 0 Å². The molecule has 9 heteroatoms. The first kappa shape index (κ1) is 20.7. The first-order valence-electron chi connectivity index (χ1n) is 10.5. The Labute approximate surface area is 173 Å². The Bertz CT molecular complexity index is 982. The van der Waals surface area contributed by atoms with Crippen molar-refractivity contribution in [2.45, 2.75) is 64.3 Å². The Morgan fingerprint density at radius 3 is 2.33 bits per heavy atom. The van der Waals surface area contributed by atoms with E-state index in [1.807, 2.05) is 19.9 Å². The number of piperidine rings is 1. The normalized spacial score (nSPS) is 20.5. The number of carbonyl (C=O) groups excluding carboxylic acids is 1. The molecule has 2 aromatic rings. The van der Waals surface area contributed by atoms with Gasteiger partial charge in [0.1, 0.15) is 0 Å². The molecule has 1 saturated heterocycles. The fraction of sp³-hybridized carbons (Fsp3) is 0.619. The minimum absolute atomic E-state index is 0.0272. The molecule has 1 amide bonds. The molecule has 0 unspecified atom stereocenters. The van der Waals surface area contributed by atoms with E-state index in [2.05, 4.69) is 10.2 Å². The number of nitrogens with zero attached hydrogens (tertiary/aromatic N) is 5. The molecular weight excluding hydrogens is 392 g/mol. The third-order valence-corrected chi connectivity index (χ3v) is 6.23. The van der Waals surface area contributed by atoms with E-state index in [0.717, 1.165) is 11.4 Å². The van der Waals surface area contributed by atoms with Gasteiger partial charge in [-0.2, -0.15) is 5.10 Å². The zero-order valence-electron chi connectivity index (χ0n) is 17.4. The molecule has 1 saturated carbocycles. The van der Waals surface area contributed by atoms with Crippen molar-refractivity contribution in [3.05, 3.63) is 39.9 Å². The highest BCUT2D eigenvalue weighted by Crippen LogP contribution is 2.37. The summed E-state index contributed by atoms with van der Waals surface area (Å²) in [5, 5.41) is 8.96. The maximum absolute atomic E-state index is 13.4. The molecule has 2 aliphatic rings. The van der Waals surface area contributed by atoms with E-state index in [1.54, 1.807) is 15.6 Å². The molecule has 1 aliphatic carbocycles. The van der Waals surface area contributed by atoms with Crippen LogP contribution in [0.25, 0.3) is 5.82 Å². The maximum Gasteiger partial charge on any atom is 0.267 e. The second-order valence-electron chi connectivity index (χ2n) is 8.50. The van der Waals surface area contributed by atoms with Gasteiger partial charge in [-0.25, -0.2) is 18.1 Å². The summed E-state index contributed by atoms with van der Waals surface area (Å²) in [6.45, 7) is 4.85. The van der Waals surface area contributed by atoms with Gasteiger partial charge in [-0.05, 0) is 51.7 Å². The van der Waals surface area contributed by atoms with E-state index in [-0.39, 0.29) is 49.1 Å². The van der Waals surface area contributed by atoms with E-state index >= 15 is 0 Å². The van der Waals surface area contributed by atoms with Crippen LogP contribution in [0.15, 0.2) is 23.0 Å². The average Bonchev–Trinajstić information content (AvgIpc) is 3.06. The van der Waals surface area contributed by atoms with Crippen LogP contribution in [0.4, 0.5) is 8.78 Å². The molecule has 0 N–H and O–H groups in total. The minimum Gasteiger partial charge on any atom is -0.342 e. The number of likely N-dealkylation sites (tertiary alicyclic amines) is 1. The molecule has 4 rings (SSSR count). The zero-order chi connectivity index (χ0) is 21.5. The number of rotatable bonds is 3. The number of carbonyl (C=O) groups is 1. The van der Waals surface area contributed by atoms with Gasteiger partial charge < -0.3 is 4.90 Å². The summed E-state index contributed by atoms with van der Waals surface area (Å²) >= 11 is 0. The molecule has 0 radical (unpaired) electrons. The molecule has 30 heavy (non-hydrogen) atoms. The first-order valence-corrected chi connectivity index (χ1v) is 10.5. The van der Waals surface area contributed by atoms with Gasteiger partial charge in [0.2, 0.25) is 11.8 Å². The molecule has 0 aromatic carbocycles. The van der Waals surface area contributed by atoms with Crippen LogP contribution in [-0.4, -0.2) is 49.4 Å². The SMILES string of the molecule is Cc1cc(C)n(-c2ccc(=O)n(C3CCN(C(=O)C4CCC(F)(F)CC4)CC3)n2)n1. The lowest BCUT2D eigenvalue weighted by atomic mass is 9.85. The molecular formula is C21H27F2N5O2. The van der Waals surface area contributed by atoms with Gasteiger partial charge in [0.25, 0.3) is 5.56 Å². The van der Waals surface area contributed by atoms with Crippen molar-refractivity contribution in [1.29, 1.82) is 0 Å². The van der Waals surface area contributed by atoms with E-state index in [9.17, 15) is 18.4 Å². The van der Waals surface area contributed by atoms with E-state index in [4.69, 9.17) is 0 Å². The van der Waals surface area contributed by atoms with Crippen LogP contribution in [0, 0.1) is 19.8 Å². The van der Waals surface area contributed by atoms with Crippen LogP contribution in [0.3, 0.4) is 0 Å². The molecule has 3 heterocycles. The average molecular weight is 419 g/mol. The summed E-state index contributed by atoms with van der Waals surface area (Å²) in [4.78, 5) is 26.9. The standard InChI is InChI=1S/C21H27F2N5O2/c1-14-13-15(2)27(24-14)18-3-4-19(29)28(25-18)17-7-11-26(12-8-17)20(30)16-5-9-21(22,23)10-6-16/h3-4,13,16-17H,5-12H2,1-2H3. The number of halogens is 2.